The van der Waals surface area contributed by atoms with Crippen LogP contribution in [0.4, 0.5) is 15.9 Å². The van der Waals surface area contributed by atoms with Gasteiger partial charge in [-0.2, -0.15) is 0 Å². The Hall–Kier alpha value is -2.24. The van der Waals surface area contributed by atoms with Gasteiger partial charge in [0.15, 0.2) is 5.52 Å². The van der Waals surface area contributed by atoms with Gasteiger partial charge in [-0.1, -0.05) is 6.92 Å². The highest BCUT2D eigenvalue weighted by molar-refractivity contribution is 5.89. The van der Waals surface area contributed by atoms with E-state index in [1.807, 2.05) is 13.8 Å². The van der Waals surface area contributed by atoms with Gasteiger partial charge in [0, 0.05) is 11.9 Å². The van der Waals surface area contributed by atoms with Crippen molar-refractivity contribution in [2.75, 3.05) is 11.9 Å². The molecule has 100 valence electrons. The zero-order valence-electron chi connectivity index (χ0n) is 10.7. The lowest BCUT2D eigenvalue weighted by Crippen LogP contribution is -2.05. The summed E-state index contributed by atoms with van der Waals surface area (Å²) in [6.45, 7) is 4.58. The highest BCUT2D eigenvalue weighted by Gasteiger charge is 2.17. The highest BCUT2D eigenvalue weighted by Crippen LogP contribution is 2.28. The number of halogens is 1. The largest absolute Gasteiger partial charge is 0.370 e. The predicted octanol–water partition coefficient (Wildman–Crippen LogP) is 3.41. The molecule has 1 N–H and O–H groups in total. The maximum Gasteiger partial charge on any atom is 0.298 e. The average molecular weight is 263 g/mol. The number of hydrogen-bond acceptors (Lipinski definition) is 4. The van der Waals surface area contributed by atoms with E-state index in [0.717, 1.165) is 24.6 Å². The standard InChI is InChI=1S/C13H14FN3O2/c1-3-4-15-13-8(2)5-9-6-10(14)7-11(17(18)19)12(9)16-13/h5-7H,3-4H2,1-2H3,(H,15,16). The van der Waals surface area contributed by atoms with Gasteiger partial charge in [0.05, 0.1) is 11.0 Å². The summed E-state index contributed by atoms with van der Waals surface area (Å²) in [5.74, 6) is -0.0290. The number of nitro groups is 1. The summed E-state index contributed by atoms with van der Waals surface area (Å²) in [4.78, 5) is 14.6. The fraction of sp³-hybridized carbons (Fsp3) is 0.308. The Morgan fingerprint density at radius 1 is 1.42 bits per heavy atom. The van der Waals surface area contributed by atoms with Gasteiger partial charge >= 0.3 is 0 Å². The number of nitrogens with one attached hydrogen (secondary N) is 1. The summed E-state index contributed by atoms with van der Waals surface area (Å²) in [6, 6.07) is 3.86. The van der Waals surface area contributed by atoms with Crippen LogP contribution in [0.15, 0.2) is 18.2 Å². The van der Waals surface area contributed by atoms with Gasteiger partial charge in [-0.05, 0) is 31.0 Å². The minimum Gasteiger partial charge on any atom is -0.370 e. The molecule has 0 aliphatic carbocycles. The van der Waals surface area contributed by atoms with Crippen LogP contribution in [0.25, 0.3) is 10.9 Å². The van der Waals surface area contributed by atoms with Crippen molar-refractivity contribution in [2.45, 2.75) is 20.3 Å². The second kappa shape index (κ2) is 5.17. The normalized spacial score (nSPS) is 10.7. The summed E-state index contributed by atoms with van der Waals surface area (Å²) in [5, 5.41) is 14.5. The van der Waals surface area contributed by atoms with Crippen molar-refractivity contribution in [1.29, 1.82) is 0 Å². The molecule has 0 saturated carbocycles. The average Bonchev–Trinajstić information content (AvgIpc) is 2.35. The minimum absolute atomic E-state index is 0.204. The lowest BCUT2D eigenvalue weighted by atomic mass is 10.1. The van der Waals surface area contributed by atoms with Crippen molar-refractivity contribution in [2.24, 2.45) is 0 Å². The number of rotatable bonds is 4. The molecule has 2 rings (SSSR count). The fourth-order valence-corrected chi connectivity index (χ4v) is 1.90. The molecule has 2 aromatic rings. The Balaban J connectivity index is 2.65. The Labute approximate surface area is 109 Å². The quantitative estimate of drug-likeness (QED) is 0.678. The third-order valence-electron chi connectivity index (χ3n) is 2.79. The van der Waals surface area contributed by atoms with Crippen LogP contribution in [0.1, 0.15) is 18.9 Å². The monoisotopic (exact) mass is 263 g/mol. The molecular formula is C13H14FN3O2. The molecule has 0 aliphatic heterocycles. The van der Waals surface area contributed by atoms with Crippen molar-refractivity contribution in [1.82, 2.24) is 4.98 Å². The number of hydrogen-bond donors (Lipinski definition) is 1. The topological polar surface area (TPSA) is 68.1 Å². The number of anilines is 1. The molecular weight excluding hydrogens is 249 g/mol. The van der Waals surface area contributed by atoms with Crippen molar-refractivity contribution in [3.63, 3.8) is 0 Å². The first-order valence-corrected chi connectivity index (χ1v) is 6.02. The van der Waals surface area contributed by atoms with Crippen LogP contribution in [0.2, 0.25) is 0 Å². The Morgan fingerprint density at radius 3 is 2.79 bits per heavy atom. The van der Waals surface area contributed by atoms with E-state index in [0.29, 0.717) is 11.2 Å². The smallest absolute Gasteiger partial charge is 0.298 e. The number of non-ortho nitro benzene ring substituents is 1. The Morgan fingerprint density at radius 2 is 2.16 bits per heavy atom. The highest BCUT2D eigenvalue weighted by atomic mass is 19.1. The third-order valence-corrected chi connectivity index (χ3v) is 2.79. The predicted molar refractivity (Wildman–Crippen MR) is 71.9 cm³/mol. The first-order chi connectivity index (χ1) is 9.02. The van der Waals surface area contributed by atoms with Gasteiger partial charge < -0.3 is 5.32 Å². The van der Waals surface area contributed by atoms with Crippen LogP contribution in [0.5, 0.6) is 0 Å². The summed E-state index contributed by atoms with van der Waals surface area (Å²) in [7, 11) is 0. The summed E-state index contributed by atoms with van der Waals surface area (Å²) in [5.41, 5.74) is 0.728. The van der Waals surface area contributed by atoms with Crippen LogP contribution in [0, 0.1) is 22.9 Å². The van der Waals surface area contributed by atoms with Crippen LogP contribution >= 0.6 is 0 Å². The van der Waals surface area contributed by atoms with Crippen LogP contribution in [-0.2, 0) is 0 Å². The number of aryl methyl sites for hydroxylation is 1. The van der Waals surface area contributed by atoms with E-state index in [9.17, 15) is 14.5 Å². The maximum absolute atomic E-state index is 13.3. The number of nitro benzene ring substituents is 1. The van der Waals surface area contributed by atoms with Crippen LogP contribution in [-0.4, -0.2) is 16.5 Å². The summed E-state index contributed by atoms with van der Waals surface area (Å²) >= 11 is 0. The number of nitrogens with zero attached hydrogens (tertiary/aromatic N) is 2. The van der Waals surface area contributed by atoms with E-state index in [1.54, 1.807) is 6.07 Å². The number of pyridine rings is 1. The van der Waals surface area contributed by atoms with Gasteiger partial charge in [-0.25, -0.2) is 9.37 Å². The van der Waals surface area contributed by atoms with Crippen LogP contribution in [0.3, 0.4) is 0 Å². The molecule has 0 amide bonds. The van der Waals surface area contributed by atoms with Gasteiger partial charge in [0.1, 0.15) is 11.6 Å². The van der Waals surface area contributed by atoms with E-state index in [-0.39, 0.29) is 11.2 Å². The molecule has 0 saturated heterocycles. The summed E-state index contributed by atoms with van der Waals surface area (Å²) < 4.78 is 13.3. The summed E-state index contributed by atoms with van der Waals surface area (Å²) in [6.07, 6.45) is 0.921. The lowest BCUT2D eigenvalue weighted by Gasteiger charge is -2.09. The third kappa shape index (κ3) is 2.62. The van der Waals surface area contributed by atoms with E-state index in [4.69, 9.17) is 0 Å². The first-order valence-electron chi connectivity index (χ1n) is 6.02. The number of fused-ring (bicyclic) bond motifs is 1. The molecule has 19 heavy (non-hydrogen) atoms. The zero-order valence-corrected chi connectivity index (χ0v) is 10.7. The Kier molecular flexibility index (Phi) is 3.59. The Bertz CT molecular complexity index is 643. The van der Waals surface area contributed by atoms with Gasteiger partial charge in [0.2, 0.25) is 0 Å². The lowest BCUT2D eigenvalue weighted by molar-refractivity contribution is -0.383. The molecule has 0 aliphatic rings. The van der Waals surface area contributed by atoms with Crippen molar-refractivity contribution in [3.8, 4) is 0 Å². The second-order valence-electron chi connectivity index (χ2n) is 4.33. The molecule has 1 aromatic carbocycles. The zero-order chi connectivity index (χ0) is 14.0. The molecule has 0 radical (unpaired) electrons. The fourth-order valence-electron chi connectivity index (χ4n) is 1.90. The molecule has 6 heteroatoms. The molecule has 1 aromatic heterocycles. The molecule has 0 spiro atoms. The van der Waals surface area contributed by atoms with Crippen LogP contribution < -0.4 is 5.32 Å². The van der Waals surface area contributed by atoms with Crippen molar-refractivity contribution >= 4 is 22.4 Å². The van der Waals surface area contributed by atoms with E-state index < -0.39 is 10.7 Å². The molecule has 0 bridgehead atoms. The molecule has 1 heterocycles. The van der Waals surface area contributed by atoms with Gasteiger partial charge in [-0.3, -0.25) is 10.1 Å². The maximum atomic E-state index is 13.3. The minimum atomic E-state index is -0.630. The van der Waals surface area contributed by atoms with Gasteiger partial charge in [-0.15, -0.1) is 0 Å². The molecule has 5 nitrogen and oxygen atoms in total. The first kappa shape index (κ1) is 13.2. The number of aromatic nitrogens is 1. The number of benzene rings is 1. The SMILES string of the molecule is CCCNc1nc2c([N+](=O)[O-])cc(F)cc2cc1C. The van der Waals surface area contributed by atoms with Gasteiger partial charge in [0.25, 0.3) is 5.69 Å². The molecule has 0 fully saturated rings. The van der Waals surface area contributed by atoms with E-state index in [1.165, 1.54) is 6.07 Å². The van der Waals surface area contributed by atoms with E-state index in [2.05, 4.69) is 10.3 Å². The second-order valence-corrected chi connectivity index (χ2v) is 4.33. The molecule has 0 atom stereocenters. The van der Waals surface area contributed by atoms with Crippen molar-refractivity contribution in [3.05, 3.63) is 39.7 Å². The van der Waals surface area contributed by atoms with E-state index >= 15 is 0 Å². The van der Waals surface area contributed by atoms with Crippen molar-refractivity contribution < 1.29 is 9.31 Å². The molecule has 0 unspecified atom stereocenters.